The van der Waals surface area contributed by atoms with Crippen LogP contribution in [0.5, 0.6) is 0 Å². The summed E-state index contributed by atoms with van der Waals surface area (Å²) in [5, 5.41) is 24.5. The molecule has 0 aliphatic heterocycles. The van der Waals surface area contributed by atoms with Crippen molar-refractivity contribution in [2.75, 3.05) is 0 Å². The lowest BCUT2D eigenvalue weighted by Crippen LogP contribution is -2.57. The zero-order valence-electron chi connectivity index (χ0n) is 30.6. The number of aliphatic hydroxyl groups excluding tert-OH is 1. The van der Waals surface area contributed by atoms with Crippen LogP contribution in [0.1, 0.15) is 79.1 Å². The number of fused-ring (bicyclic) bond motifs is 1. The van der Waals surface area contributed by atoms with Crippen molar-refractivity contribution in [1.82, 2.24) is 0 Å². The van der Waals surface area contributed by atoms with Crippen molar-refractivity contribution in [1.29, 1.82) is 0 Å². The Hall–Kier alpha value is -4.36. The monoisotopic (exact) mass is 714 g/mol. The fraction of sp³-hybridized carbons (Fsp3) is 0.579. The molecule has 0 heterocycles. The molecule has 2 aliphatic carbocycles. The van der Waals surface area contributed by atoms with Gasteiger partial charge in [0.25, 0.3) is 0 Å². The maximum atomic E-state index is 14.3. The molecule has 0 aromatic heterocycles. The predicted octanol–water partition coefficient (Wildman–Crippen LogP) is 3.68. The van der Waals surface area contributed by atoms with Crippen LogP contribution in [0.2, 0.25) is 0 Å². The highest BCUT2D eigenvalue weighted by atomic mass is 16.6. The van der Waals surface area contributed by atoms with E-state index in [2.05, 4.69) is 6.58 Å². The molecule has 51 heavy (non-hydrogen) atoms. The summed E-state index contributed by atoms with van der Waals surface area (Å²) >= 11 is 0. The van der Waals surface area contributed by atoms with Gasteiger partial charge in [-0.1, -0.05) is 85.4 Å². The van der Waals surface area contributed by atoms with E-state index >= 15 is 0 Å². The van der Waals surface area contributed by atoms with Gasteiger partial charge in [0, 0.05) is 31.6 Å². The van der Waals surface area contributed by atoms with Gasteiger partial charge in [0.15, 0.2) is 24.1 Å². The minimum absolute atomic E-state index is 0.158. The summed E-state index contributed by atoms with van der Waals surface area (Å²) in [6.45, 7) is 17.2. The lowest BCUT2D eigenvalue weighted by molar-refractivity contribution is -0.183. The Morgan fingerprint density at radius 1 is 0.843 bits per heavy atom. The highest BCUT2D eigenvalue weighted by Crippen LogP contribution is 2.47. The Morgan fingerprint density at radius 2 is 1.37 bits per heavy atom. The van der Waals surface area contributed by atoms with Gasteiger partial charge in [0.05, 0.1) is 29.4 Å². The van der Waals surface area contributed by atoms with E-state index in [-0.39, 0.29) is 11.1 Å². The molecule has 1 aromatic rings. The summed E-state index contributed by atoms with van der Waals surface area (Å²) < 4.78 is 28.9. The molecule has 1 saturated carbocycles. The highest BCUT2D eigenvalue weighted by Gasteiger charge is 2.64. The first kappa shape index (κ1) is 41.1. The fourth-order valence-electron chi connectivity index (χ4n) is 6.36. The lowest BCUT2D eigenvalue weighted by atomic mass is 9.72. The molecule has 2 aliphatic rings. The first-order chi connectivity index (χ1) is 23.6. The zero-order chi connectivity index (χ0) is 38.6. The number of ketones is 1. The molecule has 1 unspecified atom stereocenters. The van der Waals surface area contributed by atoms with Gasteiger partial charge in [0.2, 0.25) is 0 Å². The van der Waals surface area contributed by atoms with Gasteiger partial charge >= 0.3 is 29.8 Å². The Balaban J connectivity index is 2.35. The molecule has 3 rings (SSSR count). The van der Waals surface area contributed by atoms with E-state index in [0.717, 1.165) is 13.8 Å². The Morgan fingerprint density at radius 3 is 1.90 bits per heavy atom. The maximum Gasteiger partial charge on any atom is 0.338 e. The van der Waals surface area contributed by atoms with E-state index in [1.54, 1.807) is 52.0 Å². The topological polar surface area (TPSA) is 189 Å². The third-order valence-electron chi connectivity index (χ3n) is 9.16. The van der Waals surface area contributed by atoms with Crippen molar-refractivity contribution in [2.24, 2.45) is 29.1 Å². The summed E-state index contributed by atoms with van der Waals surface area (Å²) in [4.78, 5) is 79.1. The molecular weight excluding hydrogens is 664 g/mol. The Labute approximate surface area is 298 Å². The molecule has 0 radical (unpaired) electrons. The Bertz CT molecular complexity index is 1530. The predicted molar refractivity (Wildman–Crippen MR) is 181 cm³/mol. The smallest absolute Gasteiger partial charge is 0.338 e. The van der Waals surface area contributed by atoms with Crippen molar-refractivity contribution in [3.63, 3.8) is 0 Å². The normalized spacial score (nSPS) is 31.4. The maximum absolute atomic E-state index is 14.3. The van der Waals surface area contributed by atoms with Crippen LogP contribution in [0, 0.1) is 29.1 Å². The van der Waals surface area contributed by atoms with E-state index in [4.69, 9.17) is 23.7 Å². The van der Waals surface area contributed by atoms with Crippen molar-refractivity contribution in [3.8, 4) is 0 Å². The van der Waals surface area contributed by atoms with E-state index in [1.807, 2.05) is 0 Å². The number of rotatable bonds is 8. The largest absolute Gasteiger partial charge is 0.458 e. The summed E-state index contributed by atoms with van der Waals surface area (Å²) in [5.74, 6) is -9.05. The third kappa shape index (κ3) is 9.31. The average Bonchev–Trinajstić information content (AvgIpc) is 3.32. The standard InChI is InChI=1S/C38H50O13/c1-19(2)34(43)49-26-18-38(46)27(30(26)47-23(7)39)28(41)22(6)29(50-35(44)20(3)4)31(48-24(8)40)33(37(9,10)17-16-21(5)32(38)42)51-36(45)25-14-12-11-13-15-25/h11-17,19-21,26-31,33,41,46H,6,18H2,1-5,7-10H3/b17-16+/t21-,26+,27-,28?,29-,30-,31-,33+,38+/m0/s1. The van der Waals surface area contributed by atoms with Crippen LogP contribution in [0.25, 0.3) is 0 Å². The van der Waals surface area contributed by atoms with Crippen molar-refractivity contribution in [3.05, 3.63) is 60.2 Å². The van der Waals surface area contributed by atoms with Crippen LogP contribution in [0.4, 0.5) is 0 Å². The number of allylic oxidation sites excluding steroid dienone is 1. The number of hydrogen-bond acceptors (Lipinski definition) is 13. The van der Waals surface area contributed by atoms with E-state index in [0.29, 0.717) is 0 Å². The van der Waals surface area contributed by atoms with Gasteiger partial charge in [-0.2, -0.15) is 0 Å². The SMILES string of the molecule is C=C1C(O)[C@H]2[C@@H](OC(C)=O)[C@H](OC(=O)C(C)C)C[C@]2(O)C(=O)[C@@H](C)/C=C/C(C)(C)[C@H](OC(=O)c2ccccc2)[C@@H](OC(C)=O)[C@H]1OC(=O)C(C)C. The highest BCUT2D eigenvalue weighted by molar-refractivity contribution is 5.92. The number of Topliss-reactive ketones (excluding diaryl/α,β-unsaturated/α-hetero) is 1. The summed E-state index contributed by atoms with van der Waals surface area (Å²) in [5.41, 5.74) is -3.99. The van der Waals surface area contributed by atoms with Gasteiger partial charge in [-0.15, -0.1) is 0 Å². The Kier molecular flexibility index (Phi) is 13.1. The quantitative estimate of drug-likeness (QED) is 0.226. The van der Waals surface area contributed by atoms with Crippen LogP contribution >= 0.6 is 0 Å². The minimum atomic E-state index is -2.49. The van der Waals surface area contributed by atoms with Crippen LogP contribution in [0.15, 0.2) is 54.6 Å². The second kappa shape index (κ2) is 16.3. The molecule has 0 spiro atoms. The number of aliphatic hydroxyl groups is 2. The summed E-state index contributed by atoms with van der Waals surface area (Å²) in [6.07, 6.45) is -7.40. The zero-order valence-corrected chi connectivity index (χ0v) is 30.6. The lowest BCUT2D eigenvalue weighted by Gasteiger charge is -2.43. The molecule has 2 N–H and O–H groups in total. The van der Waals surface area contributed by atoms with Crippen LogP contribution in [-0.2, 0) is 47.7 Å². The minimum Gasteiger partial charge on any atom is -0.458 e. The first-order valence-electron chi connectivity index (χ1n) is 17.0. The molecule has 0 bridgehead atoms. The molecule has 9 atom stereocenters. The number of esters is 5. The van der Waals surface area contributed by atoms with Crippen molar-refractivity contribution >= 4 is 35.6 Å². The van der Waals surface area contributed by atoms with Crippen molar-refractivity contribution in [2.45, 2.75) is 111 Å². The summed E-state index contributed by atoms with van der Waals surface area (Å²) in [6, 6.07) is 7.98. The number of carbonyl (C=O) groups is 6. The number of benzene rings is 1. The molecular formula is C38H50O13. The third-order valence-corrected chi connectivity index (χ3v) is 9.16. The van der Waals surface area contributed by atoms with Gasteiger partial charge in [-0.05, 0) is 17.7 Å². The molecule has 1 fully saturated rings. The summed E-state index contributed by atoms with van der Waals surface area (Å²) in [7, 11) is 0. The van der Waals surface area contributed by atoms with Gasteiger partial charge in [-0.25, -0.2) is 4.79 Å². The first-order valence-corrected chi connectivity index (χ1v) is 17.0. The van der Waals surface area contributed by atoms with Gasteiger partial charge < -0.3 is 33.9 Å². The molecule has 1 aromatic carbocycles. The van der Waals surface area contributed by atoms with Crippen LogP contribution in [0.3, 0.4) is 0 Å². The molecule has 0 saturated heterocycles. The van der Waals surface area contributed by atoms with Gasteiger partial charge in [-0.3, -0.25) is 24.0 Å². The molecule has 13 nitrogen and oxygen atoms in total. The van der Waals surface area contributed by atoms with Gasteiger partial charge in [0.1, 0.15) is 17.8 Å². The second-order valence-electron chi connectivity index (χ2n) is 14.5. The molecule has 13 heteroatoms. The number of ether oxygens (including phenoxy) is 5. The van der Waals surface area contributed by atoms with Crippen LogP contribution < -0.4 is 0 Å². The number of hydrogen-bond donors (Lipinski definition) is 2. The van der Waals surface area contributed by atoms with E-state index in [9.17, 15) is 39.0 Å². The molecule has 280 valence electrons. The van der Waals surface area contributed by atoms with E-state index < -0.39 is 113 Å². The molecule has 0 amide bonds. The number of carbonyl (C=O) groups excluding carboxylic acids is 6. The second-order valence-corrected chi connectivity index (χ2v) is 14.5. The van der Waals surface area contributed by atoms with E-state index in [1.165, 1.54) is 39.0 Å². The van der Waals surface area contributed by atoms with Crippen LogP contribution in [-0.4, -0.2) is 88.1 Å². The van der Waals surface area contributed by atoms with Crippen molar-refractivity contribution < 1.29 is 62.7 Å². The average molecular weight is 715 g/mol. The fourth-order valence-corrected chi connectivity index (χ4v) is 6.36.